The lowest BCUT2D eigenvalue weighted by Crippen LogP contribution is -2.23. The Labute approximate surface area is 165 Å². The minimum Gasteiger partial charge on any atom is -0.266 e. The van der Waals surface area contributed by atoms with E-state index in [0.717, 1.165) is 11.1 Å². The van der Waals surface area contributed by atoms with Gasteiger partial charge in [-0.2, -0.15) is 16.8 Å². The van der Waals surface area contributed by atoms with Crippen molar-refractivity contribution in [1.82, 2.24) is 0 Å². The fourth-order valence-electron chi connectivity index (χ4n) is 2.15. The van der Waals surface area contributed by atoms with Gasteiger partial charge in [-0.05, 0) is 38.1 Å². The molecule has 0 aromatic heterocycles. The fraction of sp³-hybridized carbons (Fsp3) is 0.333. The molecule has 0 N–H and O–H groups in total. The van der Waals surface area contributed by atoms with Crippen LogP contribution < -0.4 is 0 Å². The van der Waals surface area contributed by atoms with Gasteiger partial charge in [0.05, 0.1) is 28.4 Å². The molecule has 0 spiro atoms. The maximum Gasteiger partial charge on any atom is 0.297 e. The van der Waals surface area contributed by atoms with Crippen LogP contribution in [0.3, 0.4) is 0 Å². The van der Waals surface area contributed by atoms with Gasteiger partial charge in [-0.1, -0.05) is 35.4 Å². The van der Waals surface area contributed by atoms with E-state index in [1.54, 1.807) is 24.3 Å². The molecule has 0 aliphatic rings. The molecule has 0 amide bonds. The molecule has 6 nitrogen and oxygen atoms in total. The Kier molecular flexibility index (Phi) is 7.41. The number of hydrogen-bond acceptors (Lipinski definition) is 6. The highest BCUT2D eigenvalue weighted by Crippen LogP contribution is 2.18. The maximum atomic E-state index is 12.3. The van der Waals surface area contributed by atoms with Gasteiger partial charge in [0.15, 0.2) is 0 Å². The summed E-state index contributed by atoms with van der Waals surface area (Å²) in [6, 6.07) is 12.4. The zero-order valence-corrected chi connectivity index (χ0v) is 17.4. The molecule has 0 aliphatic carbocycles. The fourth-order valence-corrected chi connectivity index (χ4v) is 4.47. The molecule has 0 bridgehead atoms. The van der Waals surface area contributed by atoms with E-state index >= 15 is 0 Å². The van der Waals surface area contributed by atoms with Crippen molar-refractivity contribution < 1.29 is 25.2 Å². The highest BCUT2D eigenvalue weighted by Gasteiger charge is 2.23. The van der Waals surface area contributed by atoms with E-state index in [-0.39, 0.29) is 28.7 Å². The van der Waals surface area contributed by atoms with Crippen LogP contribution in [-0.4, -0.2) is 35.4 Å². The smallest absolute Gasteiger partial charge is 0.266 e. The average Bonchev–Trinajstić information content (AvgIpc) is 2.61. The Hall–Kier alpha value is -1.45. The second kappa shape index (κ2) is 9.16. The number of rotatable bonds is 9. The SMILES string of the molecule is Cc1ccc(S(=O)(=O)OCC[C@H](CCl)OS(=O)(=O)c2ccc(C)cc2)cc1. The zero-order chi connectivity index (χ0) is 20.1. The highest BCUT2D eigenvalue weighted by atomic mass is 35.5. The molecule has 0 aliphatic heterocycles. The van der Waals surface area contributed by atoms with Gasteiger partial charge in [0.1, 0.15) is 0 Å². The minimum absolute atomic E-state index is 0.000315. The van der Waals surface area contributed by atoms with Crippen LogP contribution in [0.4, 0.5) is 0 Å². The summed E-state index contributed by atoms with van der Waals surface area (Å²) in [5.41, 5.74) is 1.84. The Morgan fingerprint density at radius 1 is 0.815 bits per heavy atom. The molecule has 0 heterocycles. The van der Waals surface area contributed by atoms with Gasteiger partial charge in [-0.3, -0.25) is 8.37 Å². The molecule has 0 saturated carbocycles. The quantitative estimate of drug-likeness (QED) is 0.445. The van der Waals surface area contributed by atoms with E-state index in [0.29, 0.717) is 0 Å². The van der Waals surface area contributed by atoms with Gasteiger partial charge in [-0.15, -0.1) is 11.6 Å². The predicted octanol–water partition coefficient (Wildman–Crippen LogP) is 3.41. The van der Waals surface area contributed by atoms with E-state index < -0.39 is 26.3 Å². The van der Waals surface area contributed by atoms with Crippen molar-refractivity contribution in [2.45, 2.75) is 36.2 Å². The lowest BCUT2D eigenvalue weighted by Gasteiger charge is -2.15. The van der Waals surface area contributed by atoms with Crippen LogP contribution in [0.15, 0.2) is 58.3 Å². The number of aryl methyl sites for hydroxylation is 2. The van der Waals surface area contributed by atoms with Crippen molar-refractivity contribution >= 4 is 31.8 Å². The number of hydrogen-bond donors (Lipinski definition) is 0. The minimum atomic E-state index is -4.00. The third-order valence-electron chi connectivity index (χ3n) is 3.73. The van der Waals surface area contributed by atoms with E-state index in [1.807, 2.05) is 13.8 Å². The van der Waals surface area contributed by atoms with Gasteiger partial charge in [0.2, 0.25) is 0 Å². The Morgan fingerprint density at radius 2 is 1.26 bits per heavy atom. The van der Waals surface area contributed by atoms with E-state index in [4.69, 9.17) is 20.0 Å². The maximum absolute atomic E-state index is 12.3. The van der Waals surface area contributed by atoms with Crippen LogP contribution in [0, 0.1) is 13.8 Å². The molecule has 0 radical (unpaired) electrons. The standard InChI is InChI=1S/C18H21ClO6S2/c1-14-3-7-17(8-4-14)26(20,21)24-12-11-16(13-19)25-27(22,23)18-9-5-15(2)6-10-18/h3-10,16H,11-13H2,1-2H3/t16-/m1/s1. The van der Waals surface area contributed by atoms with Crippen LogP contribution >= 0.6 is 11.6 Å². The van der Waals surface area contributed by atoms with Crippen molar-refractivity contribution in [3.05, 3.63) is 59.7 Å². The summed E-state index contributed by atoms with van der Waals surface area (Å²) in [7, 11) is -7.93. The molecular weight excluding hydrogens is 412 g/mol. The first-order valence-corrected chi connectivity index (χ1v) is 11.5. The van der Waals surface area contributed by atoms with Gasteiger partial charge < -0.3 is 0 Å². The van der Waals surface area contributed by atoms with Gasteiger partial charge in [0, 0.05) is 6.42 Å². The molecule has 9 heteroatoms. The van der Waals surface area contributed by atoms with Crippen LogP contribution in [0.2, 0.25) is 0 Å². The highest BCUT2D eigenvalue weighted by molar-refractivity contribution is 7.87. The van der Waals surface area contributed by atoms with Gasteiger partial charge in [-0.25, -0.2) is 0 Å². The largest absolute Gasteiger partial charge is 0.297 e. The van der Waals surface area contributed by atoms with Crippen molar-refractivity contribution in [2.75, 3.05) is 12.5 Å². The zero-order valence-electron chi connectivity index (χ0n) is 15.0. The lowest BCUT2D eigenvalue weighted by molar-refractivity contribution is 0.188. The molecular formula is C18H21ClO6S2. The molecule has 1 atom stereocenters. The summed E-state index contributed by atoms with van der Waals surface area (Å²) < 4.78 is 58.9. The van der Waals surface area contributed by atoms with E-state index in [2.05, 4.69) is 0 Å². The van der Waals surface area contributed by atoms with Gasteiger partial charge >= 0.3 is 0 Å². The molecule has 0 saturated heterocycles. The first-order valence-electron chi connectivity index (χ1n) is 8.16. The van der Waals surface area contributed by atoms with Crippen molar-refractivity contribution in [3.8, 4) is 0 Å². The normalized spacial score (nSPS) is 13.4. The Balaban J connectivity index is 1.97. The molecule has 0 unspecified atom stereocenters. The Morgan fingerprint density at radius 3 is 1.70 bits per heavy atom. The molecule has 2 aromatic rings. The predicted molar refractivity (Wildman–Crippen MR) is 103 cm³/mol. The van der Waals surface area contributed by atoms with Crippen LogP contribution in [0.1, 0.15) is 17.5 Å². The first-order chi connectivity index (χ1) is 12.6. The van der Waals surface area contributed by atoms with Crippen molar-refractivity contribution in [2.24, 2.45) is 0 Å². The van der Waals surface area contributed by atoms with Crippen LogP contribution in [-0.2, 0) is 28.6 Å². The molecule has 27 heavy (non-hydrogen) atoms. The summed E-state index contributed by atoms with van der Waals surface area (Å²) in [5, 5.41) is 0. The lowest BCUT2D eigenvalue weighted by atomic mass is 10.2. The summed E-state index contributed by atoms with van der Waals surface area (Å²) in [6.07, 6.45) is -0.911. The summed E-state index contributed by atoms with van der Waals surface area (Å²) in [5.74, 6) is -0.126. The third-order valence-corrected chi connectivity index (χ3v) is 6.78. The second-order valence-corrected chi connectivity index (χ2v) is 9.51. The topological polar surface area (TPSA) is 86.7 Å². The van der Waals surface area contributed by atoms with Crippen molar-refractivity contribution in [1.29, 1.82) is 0 Å². The molecule has 0 fully saturated rings. The average molecular weight is 433 g/mol. The summed E-state index contributed by atoms with van der Waals surface area (Å²) in [4.78, 5) is 0.0418. The molecule has 148 valence electrons. The molecule has 2 aromatic carbocycles. The van der Waals surface area contributed by atoms with E-state index in [9.17, 15) is 16.8 Å². The number of alkyl halides is 1. The van der Waals surface area contributed by atoms with Crippen LogP contribution in [0.5, 0.6) is 0 Å². The number of benzene rings is 2. The third kappa shape index (κ3) is 6.29. The summed E-state index contributed by atoms with van der Waals surface area (Å²) >= 11 is 5.78. The van der Waals surface area contributed by atoms with Crippen LogP contribution in [0.25, 0.3) is 0 Å². The van der Waals surface area contributed by atoms with Crippen molar-refractivity contribution in [3.63, 3.8) is 0 Å². The second-order valence-electron chi connectivity index (χ2n) is 6.02. The summed E-state index contributed by atoms with van der Waals surface area (Å²) in [6.45, 7) is 3.43. The van der Waals surface area contributed by atoms with Gasteiger partial charge in [0.25, 0.3) is 20.2 Å². The monoisotopic (exact) mass is 432 g/mol. The Bertz CT molecular complexity index is 952. The van der Waals surface area contributed by atoms with E-state index in [1.165, 1.54) is 24.3 Å². The first kappa shape index (κ1) is 21.8. The molecule has 2 rings (SSSR count). The number of halogens is 1.